The first-order chi connectivity index (χ1) is 9.12. The number of halogens is 2. The van der Waals surface area contributed by atoms with Crippen LogP contribution < -0.4 is 5.32 Å². The number of nitrogens with one attached hydrogen (secondary N) is 1. The lowest BCUT2D eigenvalue weighted by atomic mass is 10.2. The number of nitriles is 1. The van der Waals surface area contributed by atoms with Gasteiger partial charge in [-0.25, -0.2) is 9.97 Å². The molecular weight excluding hydrogens is 328 g/mol. The monoisotopic (exact) mass is 336 g/mol. The molecule has 0 aliphatic carbocycles. The molecular formula is C13H10BrClN4. The van der Waals surface area contributed by atoms with Crippen LogP contribution in [0.5, 0.6) is 0 Å². The second-order valence-corrected chi connectivity index (χ2v) is 5.00. The molecule has 96 valence electrons. The molecule has 0 unspecified atom stereocenters. The predicted molar refractivity (Wildman–Crippen MR) is 78.6 cm³/mol. The standard InChI is InChI=1S/C13H10BrClN4/c1-2-12-18-11(14)6-13(19-12)17-10-4-3-8(7-16)5-9(10)15/h3-6H,2H2,1H3,(H,17,18,19). The van der Waals surface area contributed by atoms with Gasteiger partial charge >= 0.3 is 0 Å². The van der Waals surface area contributed by atoms with Gasteiger partial charge < -0.3 is 5.32 Å². The molecule has 0 saturated heterocycles. The molecule has 0 bridgehead atoms. The maximum absolute atomic E-state index is 8.79. The Kier molecular flexibility index (Phi) is 4.35. The van der Waals surface area contributed by atoms with E-state index in [1.807, 2.05) is 13.0 Å². The van der Waals surface area contributed by atoms with Gasteiger partial charge in [-0.15, -0.1) is 0 Å². The average molecular weight is 338 g/mol. The van der Waals surface area contributed by atoms with E-state index in [0.29, 0.717) is 26.7 Å². The van der Waals surface area contributed by atoms with Crippen molar-refractivity contribution >= 4 is 39.0 Å². The molecule has 0 atom stereocenters. The molecule has 0 amide bonds. The summed E-state index contributed by atoms with van der Waals surface area (Å²) in [4.78, 5) is 8.59. The molecule has 1 heterocycles. The molecule has 1 aromatic heterocycles. The summed E-state index contributed by atoms with van der Waals surface area (Å²) < 4.78 is 0.714. The lowest BCUT2D eigenvalue weighted by Gasteiger charge is -2.09. The van der Waals surface area contributed by atoms with E-state index in [4.69, 9.17) is 16.9 Å². The highest BCUT2D eigenvalue weighted by Gasteiger charge is 2.05. The van der Waals surface area contributed by atoms with Gasteiger partial charge in [0, 0.05) is 12.5 Å². The van der Waals surface area contributed by atoms with Crippen LogP contribution >= 0.6 is 27.5 Å². The van der Waals surface area contributed by atoms with Crippen molar-refractivity contribution in [3.63, 3.8) is 0 Å². The Morgan fingerprint density at radius 3 is 2.79 bits per heavy atom. The molecule has 6 heteroatoms. The smallest absolute Gasteiger partial charge is 0.135 e. The first-order valence-electron chi connectivity index (χ1n) is 5.62. The summed E-state index contributed by atoms with van der Waals surface area (Å²) >= 11 is 9.44. The minimum absolute atomic E-state index is 0.479. The molecule has 1 N–H and O–H groups in total. The zero-order chi connectivity index (χ0) is 13.8. The van der Waals surface area contributed by atoms with E-state index in [-0.39, 0.29) is 0 Å². The molecule has 0 aliphatic heterocycles. The Hall–Kier alpha value is -1.64. The first kappa shape index (κ1) is 13.8. The molecule has 1 aromatic carbocycles. The van der Waals surface area contributed by atoms with Gasteiger partial charge in [0.15, 0.2) is 0 Å². The molecule has 4 nitrogen and oxygen atoms in total. The quantitative estimate of drug-likeness (QED) is 0.858. The molecule has 2 rings (SSSR count). The predicted octanol–water partition coefficient (Wildman–Crippen LogP) is 4.07. The number of anilines is 2. The van der Waals surface area contributed by atoms with E-state index in [9.17, 15) is 0 Å². The maximum atomic E-state index is 8.79. The van der Waals surface area contributed by atoms with Gasteiger partial charge in [0.25, 0.3) is 0 Å². The van der Waals surface area contributed by atoms with E-state index >= 15 is 0 Å². The van der Waals surface area contributed by atoms with Crippen LogP contribution in [0, 0.1) is 11.3 Å². The van der Waals surface area contributed by atoms with Gasteiger partial charge in [0.2, 0.25) is 0 Å². The van der Waals surface area contributed by atoms with E-state index in [0.717, 1.165) is 12.2 Å². The summed E-state index contributed by atoms with van der Waals surface area (Å²) in [6.07, 6.45) is 0.745. The van der Waals surface area contributed by atoms with E-state index in [2.05, 4.69) is 31.2 Å². The minimum atomic E-state index is 0.479. The van der Waals surface area contributed by atoms with E-state index in [1.165, 1.54) is 0 Å². The van der Waals surface area contributed by atoms with Gasteiger partial charge in [-0.1, -0.05) is 18.5 Å². The third kappa shape index (κ3) is 3.43. The summed E-state index contributed by atoms with van der Waals surface area (Å²) in [5.74, 6) is 1.40. The van der Waals surface area contributed by atoms with Crippen molar-refractivity contribution in [3.8, 4) is 6.07 Å². The van der Waals surface area contributed by atoms with Crippen LogP contribution in [0.4, 0.5) is 11.5 Å². The Bertz CT molecular complexity index is 652. The number of aryl methyl sites for hydroxylation is 1. The highest BCUT2D eigenvalue weighted by molar-refractivity contribution is 9.10. The third-order valence-corrected chi connectivity index (χ3v) is 3.14. The Balaban J connectivity index is 2.31. The Morgan fingerprint density at radius 1 is 1.37 bits per heavy atom. The molecule has 0 fully saturated rings. The van der Waals surface area contributed by atoms with Crippen molar-refractivity contribution in [1.82, 2.24) is 9.97 Å². The van der Waals surface area contributed by atoms with Crippen LogP contribution in [0.2, 0.25) is 5.02 Å². The summed E-state index contributed by atoms with van der Waals surface area (Å²) in [6.45, 7) is 1.99. The highest BCUT2D eigenvalue weighted by Crippen LogP contribution is 2.26. The van der Waals surface area contributed by atoms with Crippen molar-refractivity contribution in [2.24, 2.45) is 0 Å². The molecule has 0 aliphatic rings. The average Bonchev–Trinajstić information content (AvgIpc) is 2.40. The number of aromatic nitrogens is 2. The SMILES string of the molecule is CCc1nc(Br)cc(Nc2ccc(C#N)cc2Cl)n1. The summed E-state index contributed by atoms with van der Waals surface area (Å²) in [5.41, 5.74) is 1.22. The number of rotatable bonds is 3. The van der Waals surface area contributed by atoms with Crippen LogP contribution in [0.3, 0.4) is 0 Å². The number of benzene rings is 1. The van der Waals surface area contributed by atoms with Crippen molar-refractivity contribution < 1.29 is 0 Å². The number of hydrogen-bond acceptors (Lipinski definition) is 4. The van der Waals surface area contributed by atoms with Crippen molar-refractivity contribution in [2.75, 3.05) is 5.32 Å². The second kappa shape index (κ2) is 6.00. The number of hydrogen-bond donors (Lipinski definition) is 1. The van der Waals surface area contributed by atoms with Gasteiger partial charge in [-0.05, 0) is 34.1 Å². The van der Waals surface area contributed by atoms with E-state index < -0.39 is 0 Å². The zero-order valence-corrected chi connectivity index (χ0v) is 12.5. The van der Waals surface area contributed by atoms with Crippen LogP contribution in [-0.2, 0) is 6.42 Å². The van der Waals surface area contributed by atoms with E-state index in [1.54, 1.807) is 24.3 Å². The normalized spacial score (nSPS) is 10.0. The molecule has 0 spiro atoms. The van der Waals surface area contributed by atoms with Crippen molar-refractivity contribution in [2.45, 2.75) is 13.3 Å². The fourth-order valence-electron chi connectivity index (χ4n) is 1.51. The zero-order valence-electron chi connectivity index (χ0n) is 10.1. The fourth-order valence-corrected chi connectivity index (χ4v) is 2.16. The first-order valence-corrected chi connectivity index (χ1v) is 6.79. The van der Waals surface area contributed by atoms with Crippen LogP contribution in [0.15, 0.2) is 28.9 Å². The summed E-state index contributed by atoms with van der Waals surface area (Å²) in [7, 11) is 0. The molecule has 19 heavy (non-hydrogen) atoms. The van der Waals surface area contributed by atoms with Gasteiger partial charge in [-0.3, -0.25) is 0 Å². The van der Waals surface area contributed by atoms with Crippen LogP contribution in [0.25, 0.3) is 0 Å². The van der Waals surface area contributed by atoms with Gasteiger partial charge in [0.05, 0.1) is 22.3 Å². The molecule has 0 saturated carbocycles. The lowest BCUT2D eigenvalue weighted by Crippen LogP contribution is -2.00. The van der Waals surface area contributed by atoms with Crippen molar-refractivity contribution in [3.05, 3.63) is 45.3 Å². The maximum Gasteiger partial charge on any atom is 0.135 e. The van der Waals surface area contributed by atoms with Gasteiger partial charge in [-0.2, -0.15) is 5.26 Å². The summed E-state index contributed by atoms with van der Waals surface area (Å²) in [5, 5.41) is 12.4. The Labute approximate surface area is 124 Å². The van der Waals surface area contributed by atoms with Crippen molar-refractivity contribution in [1.29, 1.82) is 5.26 Å². The van der Waals surface area contributed by atoms with Gasteiger partial charge in [0.1, 0.15) is 16.2 Å². The highest BCUT2D eigenvalue weighted by atomic mass is 79.9. The largest absolute Gasteiger partial charge is 0.339 e. The lowest BCUT2D eigenvalue weighted by molar-refractivity contribution is 0.931. The third-order valence-electron chi connectivity index (χ3n) is 2.42. The summed E-state index contributed by atoms with van der Waals surface area (Å²) in [6, 6.07) is 8.88. The molecule has 0 radical (unpaired) electrons. The minimum Gasteiger partial charge on any atom is -0.339 e. The second-order valence-electron chi connectivity index (χ2n) is 3.78. The van der Waals surface area contributed by atoms with Crippen LogP contribution in [-0.4, -0.2) is 9.97 Å². The topological polar surface area (TPSA) is 61.6 Å². The number of nitrogens with zero attached hydrogens (tertiary/aromatic N) is 3. The Morgan fingerprint density at radius 2 is 2.16 bits per heavy atom. The van der Waals surface area contributed by atoms with Crippen LogP contribution in [0.1, 0.15) is 18.3 Å². The fraction of sp³-hybridized carbons (Fsp3) is 0.154. The molecule has 2 aromatic rings.